The molecule has 0 amide bonds. The fourth-order valence-corrected chi connectivity index (χ4v) is 4.49. The van der Waals surface area contributed by atoms with Crippen LogP contribution in [0.3, 0.4) is 0 Å². The van der Waals surface area contributed by atoms with Crippen LogP contribution in [0.4, 0.5) is 0 Å². The monoisotopic (exact) mass is 364 g/mol. The Morgan fingerprint density at radius 1 is 1.08 bits per heavy atom. The van der Waals surface area contributed by atoms with Gasteiger partial charge in [-0.15, -0.1) is 11.8 Å². The molecule has 0 aromatic heterocycles. The molecular weight excluding hydrogens is 332 g/mol. The minimum absolute atomic E-state index is 0.0393. The number of carboxylic acids is 1. The molecule has 2 rings (SSSR count). The zero-order chi connectivity index (χ0) is 18.8. The van der Waals surface area contributed by atoms with E-state index in [9.17, 15) is 4.79 Å². The summed E-state index contributed by atoms with van der Waals surface area (Å²) in [6.45, 7) is 13.3. The molecule has 2 atom stereocenters. The average Bonchev–Trinajstić information content (AvgIpc) is 2.90. The first kappa shape index (κ1) is 20.3. The zero-order valence-corrected chi connectivity index (χ0v) is 17.2. The Morgan fingerprint density at radius 3 is 2.12 bits per heavy atom. The second-order valence-electron chi connectivity index (χ2n) is 9.08. The van der Waals surface area contributed by atoms with Crippen molar-refractivity contribution < 1.29 is 14.6 Å². The van der Waals surface area contributed by atoms with E-state index in [0.717, 1.165) is 19.3 Å². The van der Waals surface area contributed by atoms with Crippen LogP contribution in [-0.4, -0.2) is 29.0 Å². The highest BCUT2D eigenvalue weighted by Crippen LogP contribution is 2.40. The van der Waals surface area contributed by atoms with Crippen LogP contribution in [0.25, 0.3) is 0 Å². The Balaban J connectivity index is 2.24. The van der Waals surface area contributed by atoms with Crippen molar-refractivity contribution in [2.75, 3.05) is 6.61 Å². The van der Waals surface area contributed by atoms with Gasteiger partial charge in [-0.3, -0.25) is 0 Å². The molecule has 0 radical (unpaired) electrons. The van der Waals surface area contributed by atoms with Crippen LogP contribution in [0.1, 0.15) is 71.9 Å². The maximum absolute atomic E-state index is 10.8. The maximum atomic E-state index is 10.8. The molecule has 1 aliphatic rings. The summed E-state index contributed by atoms with van der Waals surface area (Å²) in [6, 6.07) is 6.93. The lowest BCUT2D eigenvalue weighted by atomic mass is 9.81. The number of hydrogen-bond acceptors (Lipinski definition) is 3. The Morgan fingerprint density at radius 2 is 1.64 bits per heavy atom. The molecule has 0 heterocycles. The average molecular weight is 365 g/mol. The van der Waals surface area contributed by atoms with E-state index in [1.807, 2.05) is 11.8 Å². The molecule has 4 heteroatoms. The normalized spacial score (nSPS) is 21.5. The summed E-state index contributed by atoms with van der Waals surface area (Å²) >= 11 is 1.85. The van der Waals surface area contributed by atoms with Gasteiger partial charge in [0.1, 0.15) is 6.61 Å². The quantitative estimate of drug-likeness (QED) is 0.760. The lowest BCUT2D eigenvalue weighted by Crippen LogP contribution is -2.24. The summed E-state index contributed by atoms with van der Waals surface area (Å²) in [4.78, 5) is 12.1. The van der Waals surface area contributed by atoms with Gasteiger partial charge in [0, 0.05) is 10.1 Å². The topological polar surface area (TPSA) is 46.5 Å². The van der Waals surface area contributed by atoms with Crippen LogP contribution < -0.4 is 0 Å². The third kappa shape index (κ3) is 5.75. The van der Waals surface area contributed by atoms with Crippen LogP contribution in [0, 0.1) is 0 Å². The Labute approximate surface area is 156 Å². The largest absolute Gasteiger partial charge is 0.480 e. The van der Waals surface area contributed by atoms with E-state index in [2.05, 4.69) is 59.7 Å². The number of thioether (sulfide) groups is 1. The molecule has 3 nitrogen and oxygen atoms in total. The van der Waals surface area contributed by atoms with Crippen molar-refractivity contribution >= 4 is 17.7 Å². The number of carbonyl (C=O) groups is 1. The van der Waals surface area contributed by atoms with Gasteiger partial charge in [-0.2, -0.15) is 0 Å². The Bertz CT molecular complexity index is 578. The highest BCUT2D eigenvalue weighted by Gasteiger charge is 2.30. The Kier molecular flexibility index (Phi) is 6.26. The summed E-state index contributed by atoms with van der Waals surface area (Å²) in [6.07, 6.45) is 3.18. The number of aliphatic carboxylic acids is 1. The molecule has 1 aliphatic carbocycles. The summed E-state index contributed by atoms with van der Waals surface area (Å²) in [5.74, 6) is -0.889. The van der Waals surface area contributed by atoms with Crippen LogP contribution in [0.2, 0.25) is 0 Å². The third-order valence-corrected chi connectivity index (χ3v) is 6.09. The first-order valence-electron chi connectivity index (χ1n) is 9.13. The van der Waals surface area contributed by atoms with Crippen LogP contribution in [0.15, 0.2) is 23.1 Å². The Hall–Kier alpha value is -1.00. The summed E-state index contributed by atoms with van der Waals surface area (Å²) < 4.78 is 5.62. The zero-order valence-electron chi connectivity index (χ0n) is 16.4. The number of carboxylic acid groups (broad SMARTS) is 1. The molecule has 1 saturated carbocycles. The van der Waals surface area contributed by atoms with Gasteiger partial charge in [-0.25, -0.2) is 4.79 Å². The number of ether oxygens (including phenoxy) is 1. The first-order valence-corrected chi connectivity index (χ1v) is 10.0. The summed E-state index contributed by atoms with van der Waals surface area (Å²) in [7, 11) is 0. The molecule has 0 saturated heterocycles. The molecule has 140 valence electrons. The first-order chi connectivity index (χ1) is 11.5. The maximum Gasteiger partial charge on any atom is 0.329 e. The van der Waals surface area contributed by atoms with E-state index in [1.54, 1.807) is 0 Å². The molecule has 0 spiro atoms. The van der Waals surface area contributed by atoms with Crippen molar-refractivity contribution in [3.05, 3.63) is 29.3 Å². The molecular formula is C21H32O3S. The van der Waals surface area contributed by atoms with E-state index < -0.39 is 5.97 Å². The van der Waals surface area contributed by atoms with Crippen molar-refractivity contribution in [1.29, 1.82) is 0 Å². The standard InChI is InChI=1S/C21H32O3S/c1-20(2,3)14-10-15(21(4,5)6)12-16(11-14)25-18-9-7-8-17(18)24-13-19(22)23/h10-12,17-18H,7-9,13H2,1-6H3,(H,22,23)/t17-,18-/m1/s1. The van der Waals surface area contributed by atoms with Crippen molar-refractivity contribution in [3.63, 3.8) is 0 Å². The van der Waals surface area contributed by atoms with Crippen molar-refractivity contribution in [2.45, 2.75) is 87.9 Å². The molecule has 1 N–H and O–H groups in total. The highest BCUT2D eigenvalue weighted by molar-refractivity contribution is 8.00. The minimum atomic E-state index is -0.889. The molecule has 1 fully saturated rings. The van der Waals surface area contributed by atoms with Gasteiger partial charge in [0.15, 0.2) is 0 Å². The van der Waals surface area contributed by atoms with Gasteiger partial charge >= 0.3 is 5.97 Å². The predicted octanol–water partition coefficient (Wildman–Crippen LogP) is 5.40. The van der Waals surface area contributed by atoms with E-state index in [1.165, 1.54) is 16.0 Å². The summed E-state index contributed by atoms with van der Waals surface area (Å²) in [5, 5.41) is 9.21. The van der Waals surface area contributed by atoms with Gasteiger partial charge < -0.3 is 9.84 Å². The van der Waals surface area contributed by atoms with E-state index in [-0.39, 0.29) is 23.5 Å². The fourth-order valence-electron chi connectivity index (χ4n) is 3.10. The predicted molar refractivity (Wildman–Crippen MR) is 105 cm³/mol. The minimum Gasteiger partial charge on any atom is -0.480 e. The number of rotatable bonds is 5. The fraction of sp³-hybridized carbons (Fsp3) is 0.667. The van der Waals surface area contributed by atoms with Crippen molar-refractivity contribution in [1.82, 2.24) is 0 Å². The van der Waals surface area contributed by atoms with Crippen LogP contribution >= 0.6 is 11.8 Å². The van der Waals surface area contributed by atoms with Gasteiger partial charge in [0.2, 0.25) is 0 Å². The third-order valence-electron chi connectivity index (χ3n) is 4.74. The number of hydrogen-bond donors (Lipinski definition) is 1. The smallest absolute Gasteiger partial charge is 0.329 e. The van der Waals surface area contributed by atoms with E-state index in [0.29, 0.717) is 5.25 Å². The van der Waals surface area contributed by atoms with E-state index in [4.69, 9.17) is 9.84 Å². The number of benzene rings is 1. The molecule has 1 aromatic rings. The van der Waals surface area contributed by atoms with Crippen LogP contribution in [-0.2, 0) is 20.4 Å². The van der Waals surface area contributed by atoms with Gasteiger partial charge in [0.25, 0.3) is 0 Å². The SMILES string of the molecule is CC(C)(C)c1cc(S[C@@H]2CCC[C@H]2OCC(=O)O)cc(C(C)(C)C)c1. The summed E-state index contributed by atoms with van der Waals surface area (Å²) in [5.41, 5.74) is 2.91. The van der Waals surface area contributed by atoms with Crippen molar-refractivity contribution in [2.24, 2.45) is 0 Å². The molecule has 0 unspecified atom stereocenters. The molecule has 25 heavy (non-hydrogen) atoms. The highest BCUT2D eigenvalue weighted by atomic mass is 32.2. The van der Waals surface area contributed by atoms with Gasteiger partial charge in [0.05, 0.1) is 6.10 Å². The molecule has 0 aliphatic heterocycles. The van der Waals surface area contributed by atoms with Crippen LogP contribution in [0.5, 0.6) is 0 Å². The lowest BCUT2D eigenvalue weighted by molar-refractivity contribution is -0.144. The van der Waals surface area contributed by atoms with Gasteiger partial charge in [-0.05, 0) is 53.4 Å². The molecule has 1 aromatic carbocycles. The lowest BCUT2D eigenvalue weighted by Gasteiger charge is -2.27. The molecule has 0 bridgehead atoms. The second kappa shape index (κ2) is 7.71. The second-order valence-corrected chi connectivity index (χ2v) is 10.4. The van der Waals surface area contributed by atoms with E-state index >= 15 is 0 Å². The van der Waals surface area contributed by atoms with Gasteiger partial charge in [-0.1, -0.05) is 47.6 Å². The van der Waals surface area contributed by atoms with Crippen molar-refractivity contribution in [3.8, 4) is 0 Å².